The highest BCUT2D eigenvalue weighted by molar-refractivity contribution is 5.42. The van der Waals surface area contributed by atoms with E-state index in [0.29, 0.717) is 5.92 Å². The van der Waals surface area contributed by atoms with Crippen LogP contribution in [0.1, 0.15) is 18.4 Å². The minimum absolute atomic E-state index is 0.431. The highest BCUT2D eigenvalue weighted by Gasteiger charge is 2.19. The van der Waals surface area contributed by atoms with Crippen molar-refractivity contribution in [3.8, 4) is 11.5 Å². The van der Waals surface area contributed by atoms with Crippen LogP contribution in [0.15, 0.2) is 18.2 Å². The molecule has 1 atom stereocenters. The molecule has 1 aromatic rings. The lowest BCUT2D eigenvalue weighted by molar-refractivity contribution is -0.871. The molecule has 0 saturated heterocycles. The number of rotatable bonds is 5. The number of hydrogen-bond donors (Lipinski definition) is 0. The molecule has 1 rings (SSSR count). The Morgan fingerprint density at radius 2 is 1.76 bits per heavy atom. The van der Waals surface area contributed by atoms with Crippen LogP contribution in [0.25, 0.3) is 0 Å². The van der Waals surface area contributed by atoms with Crippen LogP contribution in [0, 0.1) is 0 Å². The summed E-state index contributed by atoms with van der Waals surface area (Å²) in [5.41, 5.74) is 1.21. The van der Waals surface area contributed by atoms with E-state index in [1.165, 1.54) is 5.56 Å². The maximum atomic E-state index is 5.42. The summed E-state index contributed by atoms with van der Waals surface area (Å²) >= 11 is 0. The first-order valence-electron chi connectivity index (χ1n) is 5.89. The average Bonchev–Trinajstić information content (AvgIpc) is 2.25. The van der Waals surface area contributed by atoms with Gasteiger partial charge in [-0.05, 0) is 18.2 Å². The van der Waals surface area contributed by atoms with Gasteiger partial charge in [0, 0.05) is 11.5 Å². The van der Waals surface area contributed by atoms with E-state index in [1.807, 2.05) is 12.1 Å². The molecule has 0 spiro atoms. The van der Waals surface area contributed by atoms with Gasteiger partial charge in [-0.1, -0.05) is 6.92 Å². The molecule has 0 aliphatic carbocycles. The van der Waals surface area contributed by atoms with E-state index >= 15 is 0 Å². The minimum Gasteiger partial charge on any atom is -0.497 e. The molecule has 0 heterocycles. The second-order valence-electron chi connectivity index (χ2n) is 5.48. The van der Waals surface area contributed by atoms with Crippen LogP contribution in [0.4, 0.5) is 0 Å². The van der Waals surface area contributed by atoms with E-state index in [9.17, 15) is 0 Å². The fraction of sp³-hybridized carbons (Fsp3) is 0.571. The van der Waals surface area contributed by atoms with E-state index in [1.54, 1.807) is 14.2 Å². The van der Waals surface area contributed by atoms with Crippen LogP contribution in [-0.4, -0.2) is 46.4 Å². The predicted octanol–water partition coefficient (Wildman–Crippen LogP) is 2.51. The Morgan fingerprint density at radius 3 is 2.24 bits per heavy atom. The summed E-state index contributed by atoms with van der Waals surface area (Å²) in [7, 11) is 10.00. The van der Waals surface area contributed by atoms with Crippen LogP contribution < -0.4 is 9.47 Å². The lowest BCUT2D eigenvalue weighted by Crippen LogP contribution is -2.37. The maximum absolute atomic E-state index is 5.42. The molecule has 0 bridgehead atoms. The average molecular weight is 238 g/mol. The number of nitrogens with zero attached hydrogens (tertiary/aromatic N) is 1. The first-order valence-corrected chi connectivity index (χ1v) is 5.89. The number of hydrogen-bond acceptors (Lipinski definition) is 2. The zero-order valence-corrected chi connectivity index (χ0v) is 11.8. The van der Waals surface area contributed by atoms with Crippen molar-refractivity contribution in [1.29, 1.82) is 0 Å². The van der Waals surface area contributed by atoms with Crippen LogP contribution in [0.3, 0.4) is 0 Å². The standard InChI is InChI=1S/C14H24NO2/c1-11(10-15(2,3)4)13-9-12(16-5)7-8-14(13)17-6/h7-9,11H,10H2,1-6H3/q+1. The van der Waals surface area contributed by atoms with Gasteiger partial charge in [-0.3, -0.25) is 0 Å². The van der Waals surface area contributed by atoms with Crippen molar-refractivity contribution < 1.29 is 14.0 Å². The van der Waals surface area contributed by atoms with Crippen LogP contribution >= 0.6 is 0 Å². The van der Waals surface area contributed by atoms with Gasteiger partial charge in [0.2, 0.25) is 0 Å². The topological polar surface area (TPSA) is 18.5 Å². The Hall–Kier alpha value is -1.22. The third kappa shape index (κ3) is 3.93. The second kappa shape index (κ2) is 5.41. The third-order valence-electron chi connectivity index (χ3n) is 2.79. The highest BCUT2D eigenvalue weighted by Crippen LogP contribution is 2.31. The van der Waals surface area contributed by atoms with Crippen LogP contribution in [0.2, 0.25) is 0 Å². The maximum Gasteiger partial charge on any atom is 0.122 e. The molecule has 3 nitrogen and oxygen atoms in total. The van der Waals surface area contributed by atoms with E-state index in [4.69, 9.17) is 9.47 Å². The largest absolute Gasteiger partial charge is 0.497 e. The van der Waals surface area contributed by atoms with Gasteiger partial charge in [0.05, 0.1) is 41.9 Å². The monoisotopic (exact) mass is 238 g/mol. The fourth-order valence-electron chi connectivity index (χ4n) is 2.14. The Bertz CT molecular complexity index is 369. The Labute approximate surface area is 105 Å². The van der Waals surface area contributed by atoms with Gasteiger partial charge in [-0.25, -0.2) is 0 Å². The van der Waals surface area contributed by atoms with E-state index in [-0.39, 0.29) is 0 Å². The Kier molecular flexibility index (Phi) is 4.40. The van der Waals surface area contributed by atoms with Crippen LogP contribution in [0.5, 0.6) is 11.5 Å². The van der Waals surface area contributed by atoms with Gasteiger partial charge in [-0.2, -0.15) is 0 Å². The molecule has 3 heteroatoms. The molecule has 0 radical (unpaired) electrons. The van der Waals surface area contributed by atoms with Gasteiger partial charge in [-0.15, -0.1) is 0 Å². The van der Waals surface area contributed by atoms with E-state index < -0.39 is 0 Å². The number of ether oxygens (including phenoxy) is 2. The molecule has 0 amide bonds. The summed E-state index contributed by atoms with van der Waals surface area (Å²) < 4.78 is 11.6. The summed E-state index contributed by atoms with van der Waals surface area (Å²) in [5, 5.41) is 0. The molecule has 0 aromatic heterocycles. The molecule has 1 aromatic carbocycles. The molecular weight excluding hydrogens is 214 g/mol. The Balaban J connectivity index is 3.01. The quantitative estimate of drug-likeness (QED) is 0.734. The van der Waals surface area contributed by atoms with Gasteiger partial charge < -0.3 is 14.0 Å². The molecule has 0 saturated carbocycles. The predicted molar refractivity (Wildman–Crippen MR) is 70.9 cm³/mol. The second-order valence-corrected chi connectivity index (χ2v) is 5.48. The molecular formula is C14H24NO2+. The number of benzene rings is 1. The van der Waals surface area contributed by atoms with Gasteiger partial charge in [0.15, 0.2) is 0 Å². The first-order chi connectivity index (χ1) is 7.87. The summed E-state index contributed by atoms with van der Waals surface area (Å²) in [6, 6.07) is 5.97. The van der Waals surface area contributed by atoms with Crippen molar-refractivity contribution in [2.24, 2.45) is 0 Å². The van der Waals surface area contributed by atoms with Crippen molar-refractivity contribution in [2.75, 3.05) is 41.9 Å². The van der Waals surface area contributed by atoms with Crippen molar-refractivity contribution in [3.05, 3.63) is 23.8 Å². The van der Waals surface area contributed by atoms with Crippen molar-refractivity contribution >= 4 is 0 Å². The molecule has 17 heavy (non-hydrogen) atoms. The smallest absolute Gasteiger partial charge is 0.122 e. The molecule has 0 aliphatic heterocycles. The zero-order valence-electron chi connectivity index (χ0n) is 11.8. The molecule has 1 unspecified atom stereocenters. The van der Waals surface area contributed by atoms with E-state index in [0.717, 1.165) is 22.5 Å². The lowest BCUT2D eigenvalue weighted by atomic mass is 9.98. The molecule has 0 fully saturated rings. The number of quaternary nitrogens is 1. The van der Waals surface area contributed by atoms with Crippen molar-refractivity contribution in [3.63, 3.8) is 0 Å². The van der Waals surface area contributed by atoms with Gasteiger partial charge in [0.25, 0.3) is 0 Å². The number of methoxy groups -OCH3 is 2. The SMILES string of the molecule is COc1ccc(OC)c(C(C)C[N+](C)(C)C)c1. The lowest BCUT2D eigenvalue weighted by Gasteiger charge is -2.28. The summed E-state index contributed by atoms with van der Waals surface area (Å²) in [6.07, 6.45) is 0. The van der Waals surface area contributed by atoms with Gasteiger partial charge in [0.1, 0.15) is 11.5 Å². The summed E-state index contributed by atoms with van der Waals surface area (Å²) in [4.78, 5) is 0. The molecule has 0 aliphatic rings. The normalized spacial score (nSPS) is 13.3. The highest BCUT2D eigenvalue weighted by atomic mass is 16.5. The summed E-state index contributed by atoms with van der Waals surface area (Å²) in [5.74, 6) is 2.25. The fourth-order valence-corrected chi connectivity index (χ4v) is 2.14. The van der Waals surface area contributed by atoms with E-state index in [2.05, 4.69) is 34.1 Å². The molecule has 96 valence electrons. The summed E-state index contributed by atoms with van der Waals surface area (Å²) in [6.45, 7) is 3.28. The minimum atomic E-state index is 0.431. The van der Waals surface area contributed by atoms with Crippen molar-refractivity contribution in [1.82, 2.24) is 0 Å². The first kappa shape index (κ1) is 13.8. The Morgan fingerprint density at radius 1 is 1.12 bits per heavy atom. The van der Waals surface area contributed by atoms with Gasteiger partial charge >= 0.3 is 0 Å². The number of likely N-dealkylation sites (N-methyl/N-ethyl adjacent to an activating group) is 1. The molecule has 0 N–H and O–H groups in total. The zero-order chi connectivity index (χ0) is 13.1. The van der Waals surface area contributed by atoms with Crippen LogP contribution in [-0.2, 0) is 0 Å². The van der Waals surface area contributed by atoms with Crippen molar-refractivity contribution in [2.45, 2.75) is 12.8 Å². The third-order valence-corrected chi connectivity index (χ3v) is 2.79.